The number of aryl methyl sites for hydroxylation is 1. The molecule has 0 unspecified atom stereocenters. The molecule has 7 heteroatoms. The van der Waals surface area contributed by atoms with Crippen molar-refractivity contribution in [2.24, 2.45) is 0 Å². The first-order chi connectivity index (χ1) is 12.4. The summed E-state index contributed by atoms with van der Waals surface area (Å²) < 4.78 is 0. The molecule has 26 heavy (non-hydrogen) atoms. The molecule has 3 rings (SSSR count). The minimum absolute atomic E-state index is 0.153. The highest BCUT2D eigenvalue weighted by molar-refractivity contribution is 6.30. The molecular formula is C19H24ClN5O. The predicted octanol–water partition coefficient (Wildman–Crippen LogP) is 2.40. The van der Waals surface area contributed by atoms with Gasteiger partial charge in [-0.15, -0.1) is 0 Å². The van der Waals surface area contributed by atoms with E-state index in [9.17, 15) is 4.79 Å². The zero-order valence-electron chi connectivity index (χ0n) is 15.4. The van der Waals surface area contributed by atoms with Crippen molar-refractivity contribution in [3.63, 3.8) is 0 Å². The van der Waals surface area contributed by atoms with Gasteiger partial charge in [-0.25, -0.2) is 9.97 Å². The van der Waals surface area contributed by atoms with Crippen LogP contribution in [0, 0.1) is 6.92 Å². The lowest BCUT2D eigenvalue weighted by atomic mass is 10.1. The van der Waals surface area contributed by atoms with Crippen LogP contribution in [-0.4, -0.2) is 61.0 Å². The number of rotatable bonds is 4. The van der Waals surface area contributed by atoms with E-state index in [0.717, 1.165) is 36.1 Å². The van der Waals surface area contributed by atoms with Crippen LogP contribution in [0.2, 0.25) is 5.02 Å². The van der Waals surface area contributed by atoms with E-state index in [1.54, 1.807) is 0 Å². The molecule has 138 valence electrons. The molecule has 2 aromatic rings. The van der Waals surface area contributed by atoms with Crippen LogP contribution >= 0.6 is 11.6 Å². The summed E-state index contributed by atoms with van der Waals surface area (Å²) in [5, 5.41) is 0.687. The Morgan fingerprint density at radius 3 is 2.38 bits per heavy atom. The van der Waals surface area contributed by atoms with Crippen LogP contribution in [0.5, 0.6) is 0 Å². The summed E-state index contributed by atoms with van der Waals surface area (Å²) in [7, 11) is 3.94. The fraction of sp³-hybridized carbons (Fsp3) is 0.421. The number of amides is 1. The predicted molar refractivity (Wildman–Crippen MR) is 105 cm³/mol. The third kappa shape index (κ3) is 4.43. The topological polar surface area (TPSA) is 52.6 Å². The third-order valence-corrected chi connectivity index (χ3v) is 4.75. The normalized spacial score (nSPS) is 14.5. The van der Waals surface area contributed by atoms with Gasteiger partial charge in [-0.2, -0.15) is 0 Å². The van der Waals surface area contributed by atoms with Crippen LogP contribution in [0.1, 0.15) is 11.4 Å². The van der Waals surface area contributed by atoms with Crippen molar-refractivity contribution < 1.29 is 4.79 Å². The van der Waals surface area contributed by atoms with Crippen LogP contribution < -0.4 is 9.80 Å². The smallest absolute Gasteiger partial charge is 0.227 e. The van der Waals surface area contributed by atoms with E-state index >= 15 is 0 Å². The molecule has 2 heterocycles. The molecule has 0 bridgehead atoms. The molecule has 1 aliphatic heterocycles. The van der Waals surface area contributed by atoms with E-state index < -0.39 is 0 Å². The van der Waals surface area contributed by atoms with Gasteiger partial charge in [-0.05, 0) is 24.6 Å². The number of hydrogen-bond acceptors (Lipinski definition) is 5. The fourth-order valence-electron chi connectivity index (χ4n) is 3.00. The average molecular weight is 374 g/mol. The molecule has 6 nitrogen and oxygen atoms in total. The second kappa shape index (κ2) is 7.91. The summed E-state index contributed by atoms with van der Waals surface area (Å²) in [5.74, 6) is 2.73. The molecule has 1 saturated heterocycles. The Bertz CT molecular complexity index is 770. The zero-order valence-corrected chi connectivity index (χ0v) is 16.2. The Hall–Kier alpha value is -2.34. The molecule has 0 aliphatic carbocycles. The number of benzene rings is 1. The molecule has 0 N–H and O–H groups in total. The van der Waals surface area contributed by atoms with Crippen molar-refractivity contribution in [2.75, 3.05) is 50.1 Å². The number of halogens is 1. The van der Waals surface area contributed by atoms with Gasteiger partial charge in [0.1, 0.15) is 17.5 Å². The molecule has 0 radical (unpaired) electrons. The Kier molecular flexibility index (Phi) is 5.61. The second-order valence-electron chi connectivity index (χ2n) is 6.70. The molecule has 1 aromatic heterocycles. The Balaban J connectivity index is 1.60. The molecule has 1 aromatic carbocycles. The first kappa shape index (κ1) is 18.5. The minimum atomic E-state index is 0.153. The van der Waals surface area contributed by atoms with Gasteiger partial charge in [0.25, 0.3) is 0 Å². The van der Waals surface area contributed by atoms with Crippen LogP contribution in [0.4, 0.5) is 11.6 Å². The number of aromatic nitrogens is 2. The maximum atomic E-state index is 12.5. The molecule has 0 spiro atoms. The van der Waals surface area contributed by atoms with Gasteiger partial charge in [0, 0.05) is 51.4 Å². The maximum Gasteiger partial charge on any atom is 0.227 e. The third-order valence-electron chi connectivity index (χ3n) is 4.49. The van der Waals surface area contributed by atoms with Crippen molar-refractivity contribution in [3.8, 4) is 0 Å². The lowest BCUT2D eigenvalue weighted by Gasteiger charge is -2.35. The van der Waals surface area contributed by atoms with Crippen LogP contribution in [-0.2, 0) is 11.2 Å². The molecule has 0 saturated carbocycles. The standard InChI is InChI=1S/C19H24ClN5O/c1-14-21-17(23(2)3)13-18(22-14)24-8-10-25(11-9-24)19(26)12-15-4-6-16(20)7-5-15/h4-7,13H,8-12H2,1-3H3. The van der Waals surface area contributed by atoms with Crippen molar-refractivity contribution >= 4 is 29.1 Å². The molecule has 1 aliphatic rings. The van der Waals surface area contributed by atoms with E-state index in [4.69, 9.17) is 11.6 Å². The summed E-state index contributed by atoms with van der Waals surface area (Å²) in [5.41, 5.74) is 0.990. The lowest BCUT2D eigenvalue weighted by molar-refractivity contribution is -0.130. The van der Waals surface area contributed by atoms with Gasteiger partial charge in [0.05, 0.1) is 6.42 Å². The molecule has 1 fully saturated rings. The SMILES string of the molecule is Cc1nc(N(C)C)cc(N2CCN(C(=O)Cc3ccc(Cl)cc3)CC2)n1. The number of carbonyl (C=O) groups is 1. The maximum absolute atomic E-state index is 12.5. The molecule has 0 atom stereocenters. The number of piperazine rings is 1. The van der Waals surface area contributed by atoms with Crippen molar-refractivity contribution in [1.82, 2.24) is 14.9 Å². The van der Waals surface area contributed by atoms with E-state index in [-0.39, 0.29) is 5.91 Å². The van der Waals surface area contributed by atoms with Crippen LogP contribution in [0.25, 0.3) is 0 Å². The van der Waals surface area contributed by atoms with Gasteiger partial charge in [-0.1, -0.05) is 23.7 Å². The van der Waals surface area contributed by atoms with Crippen LogP contribution in [0.3, 0.4) is 0 Å². The van der Waals surface area contributed by atoms with Crippen molar-refractivity contribution in [2.45, 2.75) is 13.3 Å². The first-order valence-corrected chi connectivity index (χ1v) is 9.10. The van der Waals surface area contributed by atoms with Gasteiger partial charge >= 0.3 is 0 Å². The minimum Gasteiger partial charge on any atom is -0.363 e. The summed E-state index contributed by atoms with van der Waals surface area (Å²) in [6, 6.07) is 9.45. The molecular weight excluding hydrogens is 350 g/mol. The number of anilines is 2. The summed E-state index contributed by atoms with van der Waals surface area (Å²) >= 11 is 5.90. The van der Waals surface area contributed by atoms with E-state index in [2.05, 4.69) is 14.9 Å². The summed E-state index contributed by atoms with van der Waals surface area (Å²) in [4.78, 5) is 27.6. The van der Waals surface area contributed by atoms with Gasteiger partial charge in [-0.3, -0.25) is 4.79 Å². The molecule has 1 amide bonds. The lowest BCUT2D eigenvalue weighted by Crippen LogP contribution is -2.49. The van der Waals surface area contributed by atoms with Gasteiger partial charge < -0.3 is 14.7 Å². The second-order valence-corrected chi connectivity index (χ2v) is 7.13. The summed E-state index contributed by atoms with van der Waals surface area (Å²) in [6.45, 7) is 4.85. The summed E-state index contributed by atoms with van der Waals surface area (Å²) in [6.07, 6.45) is 0.411. The number of carbonyl (C=O) groups excluding carboxylic acids is 1. The van der Waals surface area contributed by atoms with Gasteiger partial charge in [0.15, 0.2) is 0 Å². The highest BCUT2D eigenvalue weighted by Gasteiger charge is 2.22. The largest absolute Gasteiger partial charge is 0.363 e. The number of nitrogens with zero attached hydrogens (tertiary/aromatic N) is 5. The average Bonchev–Trinajstić information content (AvgIpc) is 2.63. The Morgan fingerprint density at radius 1 is 1.12 bits per heavy atom. The van der Waals surface area contributed by atoms with Crippen molar-refractivity contribution in [3.05, 3.63) is 46.7 Å². The zero-order chi connectivity index (χ0) is 18.7. The Morgan fingerprint density at radius 2 is 1.77 bits per heavy atom. The quantitative estimate of drug-likeness (QED) is 0.823. The van der Waals surface area contributed by atoms with E-state index in [0.29, 0.717) is 24.5 Å². The van der Waals surface area contributed by atoms with E-state index in [1.807, 2.05) is 61.2 Å². The first-order valence-electron chi connectivity index (χ1n) is 8.72. The Labute approximate surface area is 159 Å². The fourth-order valence-corrected chi connectivity index (χ4v) is 3.13. The van der Waals surface area contributed by atoms with E-state index in [1.165, 1.54) is 0 Å². The van der Waals surface area contributed by atoms with Gasteiger partial charge in [0.2, 0.25) is 5.91 Å². The van der Waals surface area contributed by atoms with Crippen molar-refractivity contribution in [1.29, 1.82) is 0 Å². The highest BCUT2D eigenvalue weighted by Crippen LogP contribution is 2.19. The highest BCUT2D eigenvalue weighted by atomic mass is 35.5. The number of hydrogen-bond donors (Lipinski definition) is 0. The van der Waals surface area contributed by atoms with Crippen LogP contribution in [0.15, 0.2) is 30.3 Å². The monoisotopic (exact) mass is 373 g/mol.